The van der Waals surface area contributed by atoms with Gasteiger partial charge < -0.3 is 10.6 Å². The van der Waals surface area contributed by atoms with Gasteiger partial charge in [-0.1, -0.05) is 30.3 Å². The zero-order valence-corrected chi connectivity index (χ0v) is 11.3. The fourth-order valence-electron chi connectivity index (χ4n) is 2.40. The van der Waals surface area contributed by atoms with Gasteiger partial charge in [0.25, 0.3) is 0 Å². The van der Waals surface area contributed by atoms with Crippen LogP contribution in [0.3, 0.4) is 0 Å². The number of likely N-dealkylation sites (tertiary alicyclic amines) is 1. The van der Waals surface area contributed by atoms with Crippen LogP contribution in [0.15, 0.2) is 30.3 Å². The lowest BCUT2D eigenvalue weighted by Crippen LogP contribution is -2.51. The smallest absolute Gasteiger partial charge is 0.245 e. The lowest BCUT2D eigenvalue weighted by Gasteiger charge is -2.34. The number of piperidine rings is 1. The molecule has 0 radical (unpaired) electrons. The number of amides is 2. The molecule has 1 fully saturated rings. The van der Waals surface area contributed by atoms with Gasteiger partial charge in [-0.2, -0.15) is 0 Å². The van der Waals surface area contributed by atoms with Crippen molar-refractivity contribution in [1.29, 1.82) is 0 Å². The third-order valence-corrected chi connectivity index (χ3v) is 3.86. The largest absolute Gasteiger partial charge is 0.368 e. The highest BCUT2D eigenvalue weighted by molar-refractivity contribution is 6.30. The molecule has 0 spiro atoms. The number of primary amides is 1. The van der Waals surface area contributed by atoms with Crippen molar-refractivity contribution in [3.05, 3.63) is 35.9 Å². The molecule has 102 valence electrons. The van der Waals surface area contributed by atoms with E-state index in [1.165, 1.54) is 4.90 Å². The minimum Gasteiger partial charge on any atom is -0.368 e. The number of halogens is 1. The second-order valence-electron chi connectivity index (χ2n) is 4.72. The summed E-state index contributed by atoms with van der Waals surface area (Å²) in [6.45, 7) is 0.544. The van der Waals surface area contributed by atoms with Crippen molar-refractivity contribution in [1.82, 2.24) is 4.90 Å². The molecule has 5 heteroatoms. The van der Waals surface area contributed by atoms with E-state index in [0.29, 0.717) is 13.0 Å². The maximum Gasteiger partial charge on any atom is 0.245 e. The summed E-state index contributed by atoms with van der Waals surface area (Å²) in [6, 6.07) is 8.62. The Morgan fingerprint density at radius 2 is 1.95 bits per heavy atom. The van der Waals surface area contributed by atoms with Crippen LogP contribution in [0.5, 0.6) is 0 Å². The van der Waals surface area contributed by atoms with E-state index < -0.39 is 17.3 Å². The molecule has 4 nitrogen and oxygen atoms in total. The molecular weight excluding hydrogens is 264 g/mol. The minimum atomic E-state index is -0.763. The number of carbonyl (C=O) groups excluding carboxylic acids is 2. The van der Waals surface area contributed by atoms with Crippen LogP contribution in [0.2, 0.25) is 0 Å². The van der Waals surface area contributed by atoms with Crippen molar-refractivity contribution >= 4 is 23.4 Å². The molecule has 1 aliphatic heterocycles. The van der Waals surface area contributed by atoms with E-state index in [4.69, 9.17) is 17.3 Å². The molecule has 2 rings (SSSR count). The Morgan fingerprint density at radius 3 is 2.58 bits per heavy atom. The Kier molecular flexibility index (Phi) is 4.43. The second-order valence-corrected chi connectivity index (χ2v) is 5.16. The van der Waals surface area contributed by atoms with Crippen molar-refractivity contribution < 1.29 is 9.59 Å². The topological polar surface area (TPSA) is 63.4 Å². The molecule has 1 aromatic carbocycles. The lowest BCUT2D eigenvalue weighted by molar-refractivity contribution is -0.140. The number of nitrogens with zero attached hydrogens (tertiary/aromatic N) is 1. The Morgan fingerprint density at radius 1 is 1.26 bits per heavy atom. The van der Waals surface area contributed by atoms with E-state index in [9.17, 15) is 9.59 Å². The summed E-state index contributed by atoms with van der Waals surface area (Å²) in [7, 11) is 0. The van der Waals surface area contributed by atoms with E-state index >= 15 is 0 Å². The average Bonchev–Trinajstić information content (AvgIpc) is 2.46. The normalized spacial score (nSPS) is 20.9. The molecule has 0 aromatic heterocycles. The van der Waals surface area contributed by atoms with Gasteiger partial charge in [-0.15, -0.1) is 11.6 Å². The highest BCUT2D eigenvalue weighted by Gasteiger charge is 2.34. The number of benzene rings is 1. The number of hydrogen-bond donors (Lipinski definition) is 1. The van der Waals surface area contributed by atoms with Crippen LogP contribution in [0.25, 0.3) is 0 Å². The van der Waals surface area contributed by atoms with Gasteiger partial charge in [0.15, 0.2) is 0 Å². The van der Waals surface area contributed by atoms with Crippen LogP contribution < -0.4 is 5.73 Å². The summed E-state index contributed by atoms with van der Waals surface area (Å²) in [5.41, 5.74) is 6.10. The van der Waals surface area contributed by atoms with Crippen LogP contribution in [-0.4, -0.2) is 29.3 Å². The molecule has 1 aliphatic rings. The van der Waals surface area contributed by atoms with Crippen molar-refractivity contribution in [3.63, 3.8) is 0 Å². The summed E-state index contributed by atoms with van der Waals surface area (Å²) in [6.07, 6.45) is 2.42. The second kappa shape index (κ2) is 6.06. The number of carbonyl (C=O) groups is 2. The highest BCUT2D eigenvalue weighted by Crippen LogP contribution is 2.26. The predicted octanol–water partition coefficient (Wildman–Crippen LogP) is 1.83. The van der Waals surface area contributed by atoms with Crippen LogP contribution in [0.1, 0.15) is 30.2 Å². The standard InChI is InChI=1S/C14H17ClN2O2/c15-12(10-6-2-1-3-7-10)14(19)17-9-5-4-8-11(17)13(16)18/h1-3,6-7,11-12H,4-5,8-9H2,(H2,16,18). The van der Waals surface area contributed by atoms with Gasteiger partial charge in [0.1, 0.15) is 11.4 Å². The van der Waals surface area contributed by atoms with E-state index in [0.717, 1.165) is 18.4 Å². The van der Waals surface area contributed by atoms with Gasteiger partial charge >= 0.3 is 0 Å². The van der Waals surface area contributed by atoms with E-state index in [2.05, 4.69) is 0 Å². The van der Waals surface area contributed by atoms with Gasteiger partial charge in [-0.25, -0.2) is 0 Å². The van der Waals surface area contributed by atoms with Crippen molar-refractivity contribution in [2.45, 2.75) is 30.7 Å². The zero-order valence-electron chi connectivity index (χ0n) is 10.6. The zero-order chi connectivity index (χ0) is 13.8. The third-order valence-electron chi connectivity index (χ3n) is 3.42. The Bertz CT molecular complexity index is 464. The summed E-state index contributed by atoms with van der Waals surface area (Å²) in [4.78, 5) is 25.3. The van der Waals surface area contributed by atoms with Gasteiger partial charge in [0, 0.05) is 6.54 Å². The summed E-state index contributed by atoms with van der Waals surface area (Å²) in [5.74, 6) is -0.693. The summed E-state index contributed by atoms with van der Waals surface area (Å²) in [5, 5.41) is -0.763. The van der Waals surface area contributed by atoms with Crippen LogP contribution in [0, 0.1) is 0 Å². The number of hydrogen-bond acceptors (Lipinski definition) is 2. The van der Waals surface area contributed by atoms with Gasteiger partial charge in [-0.05, 0) is 24.8 Å². The molecule has 2 unspecified atom stereocenters. The molecule has 2 amide bonds. The fourth-order valence-corrected chi connectivity index (χ4v) is 2.67. The van der Waals surface area contributed by atoms with Crippen LogP contribution in [0.4, 0.5) is 0 Å². The van der Waals surface area contributed by atoms with Crippen molar-refractivity contribution in [2.75, 3.05) is 6.54 Å². The first-order chi connectivity index (χ1) is 9.11. The Balaban J connectivity index is 2.15. The fraction of sp³-hybridized carbons (Fsp3) is 0.429. The third kappa shape index (κ3) is 3.07. The number of nitrogens with two attached hydrogens (primary N) is 1. The Hall–Kier alpha value is -1.55. The van der Waals surface area contributed by atoms with E-state index in [-0.39, 0.29) is 5.91 Å². The van der Waals surface area contributed by atoms with Crippen molar-refractivity contribution in [3.8, 4) is 0 Å². The van der Waals surface area contributed by atoms with Gasteiger partial charge in [0.2, 0.25) is 11.8 Å². The quantitative estimate of drug-likeness (QED) is 0.859. The minimum absolute atomic E-state index is 0.239. The molecule has 0 aliphatic carbocycles. The molecular formula is C14H17ClN2O2. The molecule has 1 heterocycles. The van der Waals surface area contributed by atoms with Crippen molar-refractivity contribution in [2.24, 2.45) is 5.73 Å². The molecule has 2 N–H and O–H groups in total. The summed E-state index contributed by atoms with van der Waals surface area (Å²) >= 11 is 6.22. The SMILES string of the molecule is NC(=O)C1CCCCN1C(=O)C(Cl)c1ccccc1. The predicted molar refractivity (Wildman–Crippen MR) is 73.6 cm³/mol. The van der Waals surface area contributed by atoms with Gasteiger partial charge in [0.05, 0.1) is 0 Å². The molecule has 0 bridgehead atoms. The molecule has 1 saturated heterocycles. The van der Waals surface area contributed by atoms with E-state index in [1.54, 1.807) is 12.1 Å². The highest BCUT2D eigenvalue weighted by atomic mass is 35.5. The maximum absolute atomic E-state index is 12.4. The monoisotopic (exact) mass is 280 g/mol. The molecule has 19 heavy (non-hydrogen) atoms. The average molecular weight is 281 g/mol. The lowest BCUT2D eigenvalue weighted by atomic mass is 10.00. The molecule has 2 atom stereocenters. The molecule has 0 saturated carbocycles. The Labute approximate surface area is 117 Å². The first kappa shape index (κ1) is 13.9. The first-order valence-corrected chi connectivity index (χ1v) is 6.83. The maximum atomic E-state index is 12.4. The van der Waals surface area contributed by atoms with Crippen LogP contribution in [-0.2, 0) is 9.59 Å². The first-order valence-electron chi connectivity index (χ1n) is 6.40. The van der Waals surface area contributed by atoms with Gasteiger partial charge in [-0.3, -0.25) is 9.59 Å². The number of alkyl halides is 1. The van der Waals surface area contributed by atoms with Crippen LogP contribution >= 0.6 is 11.6 Å². The van der Waals surface area contributed by atoms with E-state index in [1.807, 2.05) is 18.2 Å². The summed E-state index contributed by atoms with van der Waals surface area (Å²) < 4.78 is 0. The number of rotatable bonds is 3. The molecule has 1 aromatic rings.